The van der Waals surface area contributed by atoms with Gasteiger partial charge < -0.3 is 14.6 Å². The van der Waals surface area contributed by atoms with Crippen LogP contribution < -0.4 is 9.46 Å². The van der Waals surface area contributed by atoms with E-state index in [1.165, 1.54) is 23.5 Å². The lowest BCUT2D eigenvalue weighted by Crippen LogP contribution is -2.38. The summed E-state index contributed by atoms with van der Waals surface area (Å²) in [5, 5.41) is 12.0. The fourth-order valence-electron chi connectivity index (χ4n) is 2.90. The van der Waals surface area contributed by atoms with Gasteiger partial charge in [0.25, 0.3) is 10.0 Å². The van der Waals surface area contributed by atoms with E-state index in [4.69, 9.17) is 21.1 Å². The molecule has 1 aromatic carbocycles. The first kappa shape index (κ1) is 23.2. The molecular weight excluding hydrogens is 450 g/mol. The minimum atomic E-state index is -3.88. The summed E-state index contributed by atoms with van der Waals surface area (Å²) in [7, 11) is -3.88. The van der Waals surface area contributed by atoms with Crippen LogP contribution >= 0.6 is 22.9 Å². The number of morpholine rings is 1. The normalized spacial score (nSPS) is 16.4. The van der Waals surface area contributed by atoms with Gasteiger partial charge in [0.05, 0.1) is 29.9 Å². The van der Waals surface area contributed by atoms with Crippen molar-refractivity contribution in [2.24, 2.45) is 0 Å². The number of anilines is 1. The number of aromatic nitrogens is 1. The summed E-state index contributed by atoms with van der Waals surface area (Å²) < 4.78 is 39.1. The molecule has 0 radical (unpaired) electrons. The van der Waals surface area contributed by atoms with Gasteiger partial charge in [-0.25, -0.2) is 13.4 Å². The minimum Gasteiger partial charge on any atom is -0.492 e. The van der Waals surface area contributed by atoms with E-state index in [0.717, 1.165) is 19.6 Å². The second-order valence-electron chi connectivity index (χ2n) is 6.94. The van der Waals surface area contributed by atoms with Crippen molar-refractivity contribution in [1.29, 1.82) is 0 Å². The Labute approximate surface area is 185 Å². The maximum absolute atomic E-state index is 12.8. The molecule has 1 aromatic heterocycles. The lowest BCUT2D eigenvalue weighted by molar-refractivity contribution is 0.0322. The molecule has 3 rings (SSSR count). The Kier molecular flexibility index (Phi) is 8.32. The van der Waals surface area contributed by atoms with Crippen molar-refractivity contribution in [2.75, 3.05) is 44.2 Å². The zero-order valence-electron chi connectivity index (χ0n) is 16.7. The molecule has 1 aliphatic rings. The number of ether oxygens (including phenoxy) is 2. The van der Waals surface area contributed by atoms with Gasteiger partial charge in [-0.15, -0.1) is 11.3 Å². The number of hydrogen-bond donors (Lipinski definition) is 2. The van der Waals surface area contributed by atoms with Crippen molar-refractivity contribution in [3.63, 3.8) is 0 Å². The van der Waals surface area contributed by atoms with E-state index >= 15 is 0 Å². The van der Waals surface area contributed by atoms with Crippen LogP contribution in [0.3, 0.4) is 0 Å². The first-order chi connectivity index (χ1) is 14.4. The van der Waals surface area contributed by atoms with Crippen molar-refractivity contribution >= 4 is 38.1 Å². The highest BCUT2D eigenvalue weighted by atomic mass is 35.5. The Morgan fingerprint density at radius 3 is 2.87 bits per heavy atom. The fourth-order valence-corrected chi connectivity index (χ4v) is 5.22. The minimum absolute atomic E-state index is 0.00159. The molecule has 0 amide bonds. The first-order valence-electron chi connectivity index (χ1n) is 9.74. The molecule has 0 bridgehead atoms. The van der Waals surface area contributed by atoms with Crippen molar-refractivity contribution < 1.29 is 23.0 Å². The lowest BCUT2D eigenvalue weighted by Gasteiger charge is -2.26. The second-order valence-corrected chi connectivity index (χ2v) is 9.92. The monoisotopic (exact) mass is 475 g/mol. The average Bonchev–Trinajstić information content (AvgIpc) is 3.14. The SMILES string of the molecule is CCC(O)Cc1csc(NS(=O)(=O)c2cc(Cl)cc(OCCN3CCOCC3)c2)n1. The summed E-state index contributed by atoms with van der Waals surface area (Å²) in [6, 6.07) is 4.41. The number of sulfonamides is 1. The predicted molar refractivity (Wildman–Crippen MR) is 117 cm³/mol. The van der Waals surface area contributed by atoms with Crippen LogP contribution in [0.4, 0.5) is 5.13 Å². The van der Waals surface area contributed by atoms with Crippen LogP contribution in [0.2, 0.25) is 5.02 Å². The van der Waals surface area contributed by atoms with Crippen LogP contribution in [0.1, 0.15) is 19.0 Å². The molecule has 8 nitrogen and oxygen atoms in total. The van der Waals surface area contributed by atoms with E-state index in [0.29, 0.717) is 44.1 Å². The first-order valence-corrected chi connectivity index (χ1v) is 12.5. The maximum Gasteiger partial charge on any atom is 0.263 e. The van der Waals surface area contributed by atoms with Gasteiger partial charge in [0, 0.05) is 42.5 Å². The Balaban J connectivity index is 1.63. The summed E-state index contributed by atoms with van der Waals surface area (Å²) in [6.07, 6.45) is 0.490. The van der Waals surface area contributed by atoms with Crippen LogP contribution in [0.15, 0.2) is 28.5 Å². The number of halogens is 1. The number of benzene rings is 1. The van der Waals surface area contributed by atoms with Gasteiger partial charge in [-0.05, 0) is 18.6 Å². The molecule has 1 fully saturated rings. The third-order valence-electron chi connectivity index (χ3n) is 4.62. The van der Waals surface area contributed by atoms with Crippen molar-refractivity contribution in [2.45, 2.75) is 30.8 Å². The van der Waals surface area contributed by atoms with Gasteiger partial charge in [-0.2, -0.15) is 0 Å². The molecule has 0 spiro atoms. The molecule has 11 heteroatoms. The number of aliphatic hydroxyl groups excluding tert-OH is 1. The van der Waals surface area contributed by atoms with E-state index in [1.807, 2.05) is 6.92 Å². The third-order valence-corrected chi connectivity index (χ3v) is 7.10. The summed E-state index contributed by atoms with van der Waals surface area (Å²) >= 11 is 7.29. The largest absolute Gasteiger partial charge is 0.492 e. The fraction of sp³-hybridized carbons (Fsp3) is 0.526. The topological polar surface area (TPSA) is 101 Å². The number of thiazole rings is 1. The van der Waals surface area contributed by atoms with E-state index in [2.05, 4.69) is 14.6 Å². The van der Waals surface area contributed by atoms with E-state index in [1.54, 1.807) is 11.4 Å². The second kappa shape index (κ2) is 10.7. The Morgan fingerprint density at radius 1 is 1.37 bits per heavy atom. The third kappa shape index (κ3) is 6.79. The number of rotatable bonds is 10. The molecule has 166 valence electrons. The molecule has 2 N–H and O–H groups in total. The van der Waals surface area contributed by atoms with Gasteiger partial charge in [0.15, 0.2) is 5.13 Å². The average molecular weight is 476 g/mol. The van der Waals surface area contributed by atoms with Crippen molar-refractivity contribution in [3.8, 4) is 5.75 Å². The number of aliphatic hydroxyl groups is 1. The van der Waals surface area contributed by atoms with Gasteiger partial charge in [-0.3, -0.25) is 9.62 Å². The van der Waals surface area contributed by atoms with E-state index < -0.39 is 16.1 Å². The zero-order valence-corrected chi connectivity index (χ0v) is 19.1. The van der Waals surface area contributed by atoms with Gasteiger partial charge in [0.2, 0.25) is 0 Å². The lowest BCUT2D eigenvalue weighted by atomic mass is 10.2. The van der Waals surface area contributed by atoms with Crippen molar-refractivity contribution in [3.05, 3.63) is 34.3 Å². The Bertz CT molecular complexity index is 932. The van der Waals surface area contributed by atoms with Crippen LogP contribution in [-0.2, 0) is 21.2 Å². The van der Waals surface area contributed by atoms with E-state index in [-0.39, 0.29) is 15.0 Å². The highest BCUT2D eigenvalue weighted by molar-refractivity contribution is 7.93. The predicted octanol–water partition coefficient (Wildman–Crippen LogP) is 2.62. The molecule has 1 aliphatic heterocycles. The van der Waals surface area contributed by atoms with Gasteiger partial charge >= 0.3 is 0 Å². The highest BCUT2D eigenvalue weighted by Gasteiger charge is 2.19. The summed E-state index contributed by atoms with van der Waals surface area (Å²) in [5.74, 6) is 0.391. The van der Waals surface area contributed by atoms with Crippen LogP contribution in [-0.4, -0.2) is 69.0 Å². The number of nitrogens with zero attached hydrogens (tertiary/aromatic N) is 2. The zero-order chi connectivity index (χ0) is 21.6. The van der Waals surface area contributed by atoms with Gasteiger partial charge in [0.1, 0.15) is 12.4 Å². The maximum atomic E-state index is 12.8. The van der Waals surface area contributed by atoms with E-state index in [9.17, 15) is 13.5 Å². The van der Waals surface area contributed by atoms with Crippen LogP contribution in [0.25, 0.3) is 0 Å². The summed E-state index contributed by atoms with van der Waals surface area (Å²) in [4.78, 5) is 6.47. The quantitative estimate of drug-likeness (QED) is 0.544. The molecule has 0 aliphatic carbocycles. The molecule has 1 saturated heterocycles. The number of hydrogen-bond acceptors (Lipinski definition) is 8. The molecule has 1 unspecified atom stereocenters. The highest BCUT2D eigenvalue weighted by Crippen LogP contribution is 2.27. The standard InChI is InChI=1S/C19H26ClN3O5S2/c1-2-16(24)11-15-13-29-19(21-15)22-30(25,26)18-10-14(20)9-17(12-18)28-8-5-23-3-6-27-7-4-23/h9-10,12-13,16,24H,2-8,11H2,1H3,(H,21,22). The van der Waals surface area contributed by atoms with Gasteiger partial charge in [-0.1, -0.05) is 18.5 Å². The van der Waals surface area contributed by atoms with Crippen molar-refractivity contribution in [1.82, 2.24) is 9.88 Å². The smallest absolute Gasteiger partial charge is 0.263 e. The Morgan fingerprint density at radius 2 is 2.13 bits per heavy atom. The van der Waals surface area contributed by atoms with Crippen LogP contribution in [0, 0.1) is 0 Å². The molecule has 1 atom stereocenters. The molecule has 30 heavy (non-hydrogen) atoms. The Hall–Kier alpha value is -1.43. The molecule has 0 saturated carbocycles. The van der Waals surface area contributed by atoms with Crippen LogP contribution in [0.5, 0.6) is 5.75 Å². The molecular formula is C19H26ClN3O5S2. The molecule has 2 heterocycles. The summed E-state index contributed by atoms with van der Waals surface area (Å²) in [6.45, 7) is 6.15. The number of nitrogens with one attached hydrogen (secondary N) is 1. The molecule has 2 aromatic rings. The summed E-state index contributed by atoms with van der Waals surface area (Å²) in [5.41, 5.74) is 0.644.